The Bertz CT molecular complexity index is 103. The number of alkyl halides is 2. The SMILES string of the molecule is CCC(C)(CO)C(C)(F)F. The highest BCUT2D eigenvalue weighted by Gasteiger charge is 2.43. The van der Waals surface area contributed by atoms with Gasteiger partial charge in [-0.3, -0.25) is 0 Å². The zero-order valence-electron chi connectivity index (χ0n) is 6.62. The molecule has 1 nitrogen and oxygen atoms in total. The van der Waals surface area contributed by atoms with Crippen LogP contribution in [0.2, 0.25) is 0 Å². The highest BCUT2D eigenvalue weighted by Crippen LogP contribution is 2.38. The highest BCUT2D eigenvalue weighted by molar-refractivity contribution is 4.83. The van der Waals surface area contributed by atoms with Crippen molar-refractivity contribution in [2.75, 3.05) is 6.61 Å². The Labute approximate surface area is 60.1 Å². The molecule has 0 aliphatic carbocycles. The van der Waals surface area contributed by atoms with Crippen LogP contribution in [0.25, 0.3) is 0 Å². The summed E-state index contributed by atoms with van der Waals surface area (Å²) >= 11 is 0. The maximum atomic E-state index is 12.6. The summed E-state index contributed by atoms with van der Waals surface area (Å²) in [6.45, 7) is 3.40. The molecule has 0 amide bonds. The molecule has 62 valence electrons. The van der Waals surface area contributed by atoms with Crippen LogP contribution in [0.3, 0.4) is 0 Å². The Morgan fingerprint density at radius 1 is 1.30 bits per heavy atom. The summed E-state index contributed by atoms with van der Waals surface area (Å²) in [5.41, 5.74) is -1.26. The lowest BCUT2D eigenvalue weighted by molar-refractivity contribution is -0.121. The van der Waals surface area contributed by atoms with Crippen molar-refractivity contribution in [2.24, 2.45) is 5.41 Å². The van der Waals surface area contributed by atoms with Gasteiger partial charge in [0.25, 0.3) is 5.92 Å². The third-order valence-electron chi connectivity index (χ3n) is 2.19. The second kappa shape index (κ2) is 2.82. The molecule has 1 atom stereocenters. The Hall–Kier alpha value is -0.180. The molecule has 0 heterocycles. The van der Waals surface area contributed by atoms with Gasteiger partial charge in [0.2, 0.25) is 0 Å². The van der Waals surface area contributed by atoms with Crippen LogP contribution < -0.4 is 0 Å². The Morgan fingerprint density at radius 3 is 1.70 bits per heavy atom. The van der Waals surface area contributed by atoms with Crippen LogP contribution in [0.5, 0.6) is 0 Å². The predicted molar refractivity (Wildman–Crippen MR) is 36.1 cm³/mol. The van der Waals surface area contributed by atoms with Gasteiger partial charge < -0.3 is 5.11 Å². The van der Waals surface area contributed by atoms with Crippen LogP contribution >= 0.6 is 0 Å². The largest absolute Gasteiger partial charge is 0.396 e. The Kier molecular flexibility index (Phi) is 2.77. The van der Waals surface area contributed by atoms with Crippen LogP contribution in [-0.2, 0) is 0 Å². The van der Waals surface area contributed by atoms with E-state index in [2.05, 4.69) is 0 Å². The molecule has 0 aromatic rings. The molecule has 0 radical (unpaired) electrons. The quantitative estimate of drug-likeness (QED) is 0.656. The van der Waals surface area contributed by atoms with Gasteiger partial charge >= 0.3 is 0 Å². The number of halogens is 2. The summed E-state index contributed by atoms with van der Waals surface area (Å²) in [4.78, 5) is 0. The molecule has 0 fully saturated rings. The van der Waals surface area contributed by atoms with Gasteiger partial charge in [-0.1, -0.05) is 13.8 Å². The van der Waals surface area contributed by atoms with Crippen LogP contribution in [0, 0.1) is 5.41 Å². The van der Waals surface area contributed by atoms with Crippen molar-refractivity contribution in [1.82, 2.24) is 0 Å². The fraction of sp³-hybridized carbons (Fsp3) is 1.00. The minimum absolute atomic E-state index is 0.285. The summed E-state index contributed by atoms with van der Waals surface area (Å²) in [5, 5.41) is 8.64. The van der Waals surface area contributed by atoms with Gasteiger partial charge in [0.05, 0.1) is 12.0 Å². The third-order valence-corrected chi connectivity index (χ3v) is 2.19. The summed E-state index contributed by atoms with van der Waals surface area (Å²) in [6.07, 6.45) is 0.285. The first-order valence-corrected chi connectivity index (χ1v) is 3.36. The minimum atomic E-state index is -2.80. The van der Waals surface area contributed by atoms with E-state index >= 15 is 0 Å². The first-order chi connectivity index (χ1) is 4.37. The summed E-state index contributed by atoms with van der Waals surface area (Å²) in [5.74, 6) is -2.80. The summed E-state index contributed by atoms with van der Waals surface area (Å²) in [7, 11) is 0. The zero-order valence-corrected chi connectivity index (χ0v) is 6.62. The van der Waals surface area contributed by atoms with E-state index in [0.29, 0.717) is 0 Å². The molecule has 3 heteroatoms. The van der Waals surface area contributed by atoms with E-state index in [1.807, 2.05) is 0 Å². The second-order valence-electron chi connectivity index (χ2n) is 2.96. The van der Waals surface area contributed by atoms with Gasteiger partial charge in [0.15, 0.2) is 0 Å². The molecule has 0 aliphatic rings. The van der Waals surface area contributed by atoms with E-state index in [1.54, 1.807) is 6.92 Å². The molecule has 10 heavy (non-hydrogen) atoms. The third kappa shape index (κ3) is 1.66. The topological polar surface area (TPSA) is 20.2 Å². The van der Waals surface area contributed by atoms with E-state index < -0.39 is 17.9 Å². The number of hydrogen-bond donors (Lipinski definition) is 1. The highest BCUT2D eigenvalue weighted by atomic mass is 19.3. The first-order valence-electron chi connectivity index (χ1n) is 3.36. The monoisotopic (exact) mass is 152 g/mol. The van der Waals surface area contributed by atoms with Crippen molar-refractivity contribution in [3.05, 3.63) is 0 Å². The molecule has 0 aromatic carbocycles. The van der Waals surface area contributed by atoms with Gasteiger partial charge in [-0.05, 0) is 13.3 Å². The van der Waals surface area contributed by atoms with Crippen LogP contribution in [0.1, 0.15) is 27.2 Å². The number of hydrogen-bond acceptors (Lipinski definition) is 1. The first kappa shape index (κ1) is 9.82. The average molecular weight is 152 g/mol. The van der Waals surface area contributed by atoms with Gasteiger partial charge in [-0.15, -0.1) is 0 Å². The molecular formula is C7H14F2O. The Balaban J connectivity index is 4.33. The van der Waals surface area contributed by atoms with Crippen molar-refractivity contribution >= 4 is 0 Å². The van der Waals surface area contributed by atoms with E-state index in [-0.39, 0.29) is 6.42 Å². The number of aliphatic hydroxyl groups excluding tert-OH is 1. The van der Waals surface area contributed by atoms with Gasteiger partial charge in [-0.25, -0.2) is 8.78 Å². The molecule has 0 saturated carbocycles. The van der Waals surface area contributed by atoms with Gasteiger partial charge in [0, 0.05) is 0 Å². The fourth-order valence-corrected chi connectivity index (χ4v) is 0.561. The summed E-state index contributed by atoms with van der Waals surface area (Å²) < 4.78 is 25.2. The fourth-order valence-electron chi connectivity index (χ4n) is 0.561. The molecule has 0 aromatic heterocycles. The lowest BCUT2D eigenvalue weighted by atomic mass is 9.82. The molecular weight excluding hydrogens is 138 g/mol. The molecule has 0 saturated heterocycles. The number of rotatable bonds is 3. The van der Waals surface area contributed by atoms with Crippen molar-refractivity contribution in [1.29, 1.82) is 0 Å². The minimum Gasteiger partial charge on any atom is -0.396 e. The Morgan fingerprint density at radius 2 is 1.70 bits per heavy atom. The van der Waals surface area contributed by atoms with E-state index in [4.69, 9.17) is 5.11 Å². The van der Waals surface area contributed by atoms with E-state index in [1.165, 1.54) is 6.92 Å². The van der Waals surface area contributed by atoms with Crippen molar-refractivity contribution in [3.8, 4) is 0 Å². The zero-order chi connectivity index (χ0) is 8.41. The van der Waals surface area contributed by atoms with E-state index in [0.717, 1.165) is 6.92 Å². The van der Waals surface area contributed by atoms with Crippen LogP contribution in [-0.4, -0.2) is 17.6 Å². The molecule has 0 spiro atoms. The van der Waals surface area contributed by atoms with Crippen molar-refractivity contribution in [3.63, 3.8) is 0 Å². The van der Waals surface area contributed by atoms with Crippen LogP contribution in [0.4, 0.5) is 8.78 Å². The molecule has 0 rings (SSSR count). The standard InChI is InChI=1S/C7H14F2O/c1-4-6(2,5-10)7(3,8)9/h10H,4-5H2,1-3H3. The summed E-state index contributed by atoms with van der Waals surface area (Å²) in [6, 6.07) is 0. The molecule has 0 aliphatic heterocycles. The predicted octanol–water partition coefficient (Wildman–Crippen LogP) is 2.05. The van der Waals surface area contributed by atoms with Crippen molar-refractivity contribution < 1.29 is 13.9 Å². The maximum absolute atomic E-state index is 12.6. The normalized spacial score (nSPS) is 18.6. The van der Waals surface area contributed by atoms with Gasteiger partial charge in [-0.2, -0.15) is 0 Å². The molecule has 1 N–H and O–H groups in total. The molecule has 1 unspecified atom stereocenters. The molecule has 0 bridgehead atoms. The second-order valence-corrected chi connectivity index (χ2v) is 2.96. The van der Waals surface area contributed by atoms with E-state index in [9.17, 15) is 8.78 Å². The smallest absolute Gasteiger partial charge is 0.252 e. The lowest BCUT2D eigenvalue weighted by Gasteiger charge is -2.31. The van der Waals surface area contributed by atoms with Gasteiger partial charge in [0.1, 0.15) is 0 Å². The van der Waals surface area contributed by atoms with Crippen LogP contribution in [0.15, 0.2) is 0 Å². The maximum Gasteiger partial charge on any atom is 0.252 e. The lowest BCUT2D eigenvalue weighted by Crippen LogP contribution is -2.38. The number of aliphatic hydroxyl groups is 1. The average Bonchev–Trinajstić information content (AvgIpc) is 1.84. The van der Waals surface area contributed by atoms with Crippen molar-refractivity contribution in [2.45, 2.75) is 33.1 Å².